The minimum absolute atomic E-state index is 0. The van der Waals surface area contributed by atoms with Crippen molar-refractivity contribution in [2.75, 3.05) is 51.7 Å². The van der Waals surface area contributed by atoms with E-state index < -0.39 is 27.3 Å². The molecule has 78 heavy (non-hydrogen) atoms. The average Bonchev–Trinajstić information content (AvgIpc) is 3.73. The predicted octanol–water partition coefficient (Wildman–Crippen LogP) is 4.89. The number of nitro groups is 2. The van der Waals surface area contributed by atoms with E-state index in [2.05, 4.69) is 30.4 Å². The molecule has 12 N–H and O–H groups in total. The molecule has 2 saturated carbocycles. The Morgan fingerprint density at radius 2 is 1.12 bits per heavy atom. The van der Waals surface area contributed by atoms with Crippen molar-refractivity contribution < 1.29 is 65.9 Å². The monoisotopic (exact) mass is 1140 g/mol. The van der Waals surface area contributed by atoms with Crippen LogP contribution in [0.15, 0.2) is 97.1 Å². The second kappa shape index (κ2) is 33.1. The number of nitrogens with zero attached hydrogens (tertiary/aromatic N) is 4. The lowest BCUT2D eigenvalue weighted by Crippen LogP contribution is -3.00. The van der Waals surface area contributed by atoms with Gasteiger partial charge in [-0.25, -0.2) is 24.2 Å². The molecule has 1 heterocycles. The maximum absolute atomic E-state index is 11.1. The Labute approximate surface area is 465 Å². The number of halogens is 3. The number of carboxylic acids is 2. The van der Waals surface area contributed by atoms with Crippen LogP contribution in [0.5, 0.6) is 0 Å². The number of nitrogens with one attached hydrogen (secondary N) is 2. The summed E-state index contributed by atoms with van der Waals surface area (Å²) in [6.45, 7) is 0. The van der Waals surface area contributed by atoms with Gasteiger partial charge in [-0.2, -0.15) is 0 Å². The van der Waals surface area contributed by atoms with E-state index >= 15 is 0 Å². The predicted molar refractivity (Wildman–Crippen MR) is 299 cm³/mol. The fourth-order valence-electron chi connectivity index (χ4n) is 6.80. The first-order valence-electron chi connectivity index (χ1n) is 23.0. The van der Waals surface area contributed by atoms with Crippen molar-refractivity contribution in [2.45, 2.75) is 49.6 Å². The van der Waals surface area contributed by atoms with Gasteiger partial charge in [0.2, 0.25) is 5.24 Å². The molecule has 0 unspecified atom stereocenters. The quantitative estimate of drug-likeness (QED) is 0.0183. The van der Waals surface area contributed by atoms with Crippen LogP contribution < -0.4 is 46.0 Å². The van der Waals surface area contributed by atoms with Crippen molar-refractivity contribution in [1.82, 2.24) is 9.55 Å². The molecular formula is C52H62Cl3N10O13-. The number of ether oxygens (including phenoxy) is 2. The lowest BCUT2D eigenvalue weighted by molar-refractivity contribution is -0.384. The van der Waals surface area contributed by atoms with E-state index in [9.17, 15) is 44.2 Å². The second-order valence-corrected chi connectivity index (χ2v) is 17.2. The number of carbonyl (C=O) groups is 5. The van der Waals surface area contributed by atoms with Gasteiger partial charge in [-0.1, -0.05) is 35.9 Å². The highest BCUT2D eigenvalue weighted by Crippen LogP contribution is 2.39. The second-order valence-electron chi connectivity index (χ2n) is 16.4. The molecule has 0 radical (unpaired) electrons. The molecule has 23 nitrogen and oxygen atoms in total. The van der Waals surface area contributed by atoms with E-state index in [0.717, 1.165) is 84.3 Å². The fraction of sp³-hybridized carbons (Fsp3) is 0.269. The number of carboxylic acid groups (broad SMARTS) is 2. The first kappa shape index (κ1) is 67.8. The fourth-order valence-corrected chi connectivity index (χ4v) is 7.18. The highest BCUT2D eigenvalue weighted by Gasteiger charge is 2.39. The number of nitrogens with two attached hydrogens (primary N) is 4. The largest absolute Gasteiger partial charge is 1.00 e. The molecule has 5 aromatic rings. The summed E-state index contributed by atoms with van der Waals surface area (Å²) in [6.07, 6.45) is 16.2. The smallest absolute Gasteiger partial charge is 0.330 e. The summed E-state index contributed by atoms with van der Waals surface area (Å²) in [4.78, 5) is 77.6. The topological polar surface area (TPSA) is 377 Å². The number of methoxy groups -OCH3 is 2. The highest BCUT2D eigenvalue weighted by atomic mass is 35.5. The van der Waals surface area contributed by atoms with E-state index in [0.29, 0.717) is 22.5 Å². The minimum atomic E-state index is -1.12. The van der Waals surface area contributed by atoms with Gasteiger partial charge in [-0.3, -0.25) is 25.0 Å². The maximum atomic E-state index is 11.1. The third-order valence-corrected chi connectivity index (χ3v) is 12.0. The summed E-state index contributed by atoms with van der Waals surface area (Å²) in [5, 5.41) is 43.3. The van der Waals surface area contributed by atoms with Crippen molar-refractivity contribution in [1.29, 1.82) is 0 Å². The van der Waals surface area contributed by atoms with Crippen LogP contribution in [-0.4, -0.2) is 99.6 Å². The first-order valence-corrected chi connectivity index (χ1v) is 23.8. The van der Waals surface area contributed by atoms with Gasteiger partial charge in [0.1, 0.15) is 16.5 Å². The van der Waals surface area contributed by atoms with Gasteiger partial charge in [0, 0.05) is 57.6 Å². The summed E-state index contributed by atoms with van der Waals surface area (Å²) in [5.41, 5.74) is 27.3. The zero-order valence-corrected chi connectivity index (χ0v) is 45.7. The summed E-state index contributed by atoms with van der Waals surface area (Å²) in [7, 11) is 9.58. The first-order chi connectivity index (χ1) is 36.4. The van der Waals surface area contributed by atoms with Gasteiger partial charge in [-0.05, 0) is 140 Å². The van der Waals surface area contributed by atoms with Gasteiger partial charge in [-0.15, -0.1) is 0 Å². The molecule has 0 bridgehead atoms. The zero-order chi connectivity index (χ0) is 58.0. The number of aliphatic carboxylic acids is 2. The number of nitrogen functional groups attached to an aromatic ring is 1. The Bertz CT molecular complexity index is 3030. The number of benzene rings is 4. The number of aryl methyl sites for hydroxylation is 1. The molecule has 1 aromatic heterocycles. The molecule has 4 aromatic carbocycles. The molecule has 0 amide bonds. The number of carbonyl (C=O) groups excluding carboxylic acids is 3. The van der Waals surface area contributed by atoms with Gasteiger partial charge in [0.25, 0.3) is 11.4 Å². The van der Waals surface area contributed by atoms with E-state index in [4.69, 9.17) is 55.6 Å². The van der Waals surface area contributed by atoms with E-state index in [1.807, 2.05) is 37.4 Å². The Morgan fingerprint density at radius 1 is 0.692 bits per heavy atom. The maximum Gasteiger partial charge on any atom is 0.330 e. The number of anilines is 3. The molecule has 2 aliphatic rings. The van der Waals surface area contributed by atoms with Crippen LogP contribution in [0.4, 0.5) is 28.4 Å². The van der Waals surface area contributed by atoms with Gasteiger partial charge >= 0.3 is 23.9 Å². The van der Waals surface area contributed by atoms with Crippen molar-refractivity contribution in [3.63, 3.8) is 0 Å². The summed E-state index contributed by atoms with van der Waals surface area (Å²) in [5.74, 6) is -2.02. The normalized spacial score (nSPS) is 13.3. The Morgan fingerprint density at radius 3 is 1.50 bits per heavy atom. The highest BCUT2D eigenvalue weighted by molar-refractivity contribution is 6.65. The third-order valence-electron chi connectivity index (χ3n) is 11.3. The molecule has 0 aliphatic heterocycles. The SMILES string of the molecule is CN.CNc1ccc(/C=C/C(=O)O)cc1[N+](=O)[O-].CNc1ccc(/C=C/C(=O)OC)cc1N.COC(=O)/C=C/c1ccc2c(c1)nc(C1(N)CCC1)n2C.NC1(C(=O)Cl)CCC1.O=C(O)/C=C/c1ccc(Cl)c([N+](=O)[O-])c1.[Cl-]. The molecule has 0 spiro atoms. The summed E-state index contributed by atoms with van der Waals surface area (Å²) < 4.78 is 11.1. The number of fused-ring (bicyclic) bond motifs is 1. The third kappa shape index (κ3) is 21.1. The number of imidazole rings is 1. The van der Waals surface area contributed by atoms with Crippen LogP contribution >= 0.6 is 23.2 Å². The van der Waals surface area contributed by atoms with Gasteiger partial charge in [0.05, 0.1) is 57.6 Å². The number of rotatable bonds is 14. The van der Waals surface area contributed by atoms with Gasteiger partial charge < -0.3 is 70.2 Å². The number of esters is 2. The van der Waals surface area contributed by atoms with E-state index in [1.165, 1.54) is 75.9 Å². The lowest BCUT2D eigenvalue weighted by Gasteiger charge is -2.37. The molecule has 420 valence electrons. The van der Waals surface area contributed by atoms with Crippen molar-refractivity contribution in [2.24, 2.45) is 24.2 Å². The molecule has 7 rings (SSSR count). The molecule has 2 aliphatic carbocycles. The Hall–Kier alpha value is -8.19. The number of hydrogen-bond donors (Lipinski definition) is 8. The Balaban J connectivity index is 0.000000493. The van der Waals surface area contributed by atoms with Crippen molar-refractivity contribution >= 4 is 116 Å². The van der Waals surface area contributed by atoms with Crippen LogP contribution in [0.25, 0.3) is 35.3 Å². The van der Waals surface area contributed by atoms with Crippen LogP contribution in [-0.2, 0) is 46.0 Å². The molecular weight excluding hydrogens is 1080 g/mol. The van der Waals surface area contributed by atoms with E-state index in [1.54, 1.807) is 38.4 Å². The minimum Gasteiger partial charge on any atom is -1.00 e. The number of aromatic nitrogens is 2. The number of nitro benzene ring substituents is 2. The molecule has 0 saturated heterocycles. The molecule has 0 atom stereocenters. The molecule has 26 heteroatoms. The van der Waals surface area contributed by atoms with Crippen molar-refractivity contribution in [3.8, 4) is 0 Å². The van der Waals surface area contributed by atoms with Crippen LogP contribution in [0.2, 0.25) is 5.02 Å². The summed E-state index contributed by atoms with van der Waals surface area (Å²) in [6, 6.07) is 19.9. The zero-order valence-electron chi connectivity index (χ0n) is 43.4. The van der Waals surface area contributed by atoms with Crippen LogP contribution in [0.3, 0.4) is 0 Å². The van der Waals surface area contributed by atoms with Crippen LogP contribution in [0, 0.1) is 20.2 Å². The van der Waals surface area contributed by atoms with Crippen LogP contribution in [0.1, 0.15) is 66.6 Å². The van der Waals surface area contributed by atoms with Crippen molar-refractivity contribution in [3.05, 3.63) is 150 Å². The Kier molecular flexibility index (Phi) is 28.8. The van der Waals surface area contributed by atoms with Gasteiger partial charge in [0.15, 0.2) is 0 Å². The number of hydrogen-bond acceptors (Lipinski definition) is 18. The van der Waals surface area contributed by atoms with E-state index in [-0.39, 0.29) is 51.5 Å². The lowest BCUT2D eigenvalue weighted by atomic mass is 9.77. The average molecular weight is 1140 g/mol. The summed E-state index contributed by atoms with van der Waals surface area (Å²) >= 11 is 10.7. The molecule has 2 fully saturated rings. The standard InChI is InChI=1S/C16H19N3O2.C11H14N2O2.C10H10N2O4.C9H6ClNO4.C5H8ClNO.CH5N.ClH/c1-19-13-6-4-11(5-7-14(20)21-2)10-12(13)18-15(19)16(17)8-3-9-16;1-13-10-5-3-8(7-9(10)12)4-6-11(14)15-2;1-11-8-4-2-7(3-5-10(13)14)6-9(8)12(15)16;10-7-3-1-6(2-4-9(12)13)5-8(7)11(14)15;6-4(8)5(7)2-1-3-5;1-2;/h4-7,10H,3,8-9,17H2,1-2H3;3-7,13H,12H2,1-2H3;2-6,11H,1H3,(H,13,14);1-5H,(H,12,13);1-3,7H2;2H2,1H3;1H/p-1/b7-5+;6-4+;5-3+;4-2+;;;.